The lowest BCUT2D eigenvalue weighted by Gasteiger charge is -2.07. The number of hydrogen-bond acceptors (Lipinski definition) is 5. The monoisotopic (exact) mass is 271 g/mol. The summed E-state index contributed by atoms with van der Waals surface area (Å²) in [6.07, 6.45) is 0. The van der Waals surface area contributed by atoms with Crippen molar-refractivity contribution in [2.75, 3.05) is 22.6 Å². The summed E-state index contributed by atoms with van der Waals surface area (Å²) in [5, 5.41) is 2.34. The van der Waals surface area contributed by atoms with Gasteiger partial charge in [0.25, 0.3) is 0 Å². The molecule has 7 nitrogen and oxygen atoms in total. The Morgan fingerprint density at radius 1 is 1.17 bits per heavy atom. The van der Waals surface area contributed by atoms with Crippen LogP contribution in [-0.4, -0.2) is 31.7 Å². The second kappa shape index (κ2) is 5.50. The Balaban J connectivity index is 2.68. The fraction of sp³-hybridized carbons (Fsp3) is 0.200. The van der Waals surface area contributed by atoms with Crippen LogP contribution in [-0.2, 0) is 19.4 Å². The predicted octanol–water partition coefficient (Wildman–Crippen LogP) is -0.893. The summed E-state index contributed by atoms with van der Waals surface area (Å²) in [4.78, 5) is 22.0. The van der Waals surface area contributed by atoms with Crippen molar-refractivity contribution in [2.24, 2.45) is 5.73 Å². The molecule has 5 N–H and O–H groups in total. The molecule has 0 saturated heterocycles. The van der Waals surface area contributed by atoms with Crippen LogP contribution < -0.4 is 16.8 Å². The van der Waals surface area contributed by atoms with Gasteiger partial charge in [-0.2, -0.15) is 0 Å². The van der Waals surface area contributed by atoms with Crippen molar-refractivity contribution in [2.45, 2.75) is 0 Å². The first-order chi connectivity index (χ1) is 8.30. The van der Waals surface area contributed by atoms with E-state index in [4.69, 9.17) is 11.5 Å². The maximum atomic E-state index is 11.5. The number of primary amides is 1. The molecule has 2 amide bonds. The fourth-order valence-electron chi connectivity index (χ4n) is 1.26. The molecule has 0 aliphatic rings. The van der Waals surface area contributed by atoms with E-state index in [2.05, 4.69) is 5.32 Å². The Hall–Kier alpha value is -2.09. The standard InChI is InChI=1S/C10H13N3O4S/c11-7-3-1-2-4-8(7)13-10(15)6-18(16,17)5-9(12)14/h1-4H,5-6,11H2,(H2,12,14)(H,13,15). The first kappa shape index (κ1) is 14.0. The highest BCUT2D eigenvalue weighted by atomic mass is 32.2. The molecule has 0 radical (unpaired) electrons. The topological polar surface area (TPSA) is 132 Å². The number of para-hydroxylation sites is 2. The lowest BCUT2D eigenvalue weighted by Crippen LogP contribution is -2.30. The number of carbonyl (C=O) groups excluding carboxylic acids is 2. The molecular weight excluding hydrogens is 258 g/mol. The maximum Gasteiger partial charge on any atom is 0.239 e. The van der Waals surface area contributed by atoms with Gasteiger partial charge in [0.1, 0.15) is 11.5 Å². The Morgan fingerprint density at radius 3 is 2.33 bits per heavy atom. The molecule has 0 aliphatic heterocycles. The van der Waals surface area contributed by atoms with Gasteiger partial charge in [0.2, 0.25) is 11.8 Å². The van der Waals surface area contributed by atoms with Gasteiger partial charge in [-0.1, -0.05) is 12.1 Å². The molecule has 0 spiro atoms. The predicted molar refractivity (Wildman–Crippen MR) is 67.3 cm³/mol. The van der Waals surface area contributed by atoms with E-state index >= 15 is 0 Å². The summed E-state index contributed by atoms with van der Waals surface area (Å²) in [5.74, 6) is -3.44. The number of carbonyl (C=O) groups is 2. The van der Waals surface area contributed by atoms with Gasteiger partial charge >= 0.3 is 0 Å². The van der Waals surface area contributed by atoms with Crippen LogP contribution in [0.1, 0.15) is 0 Å². The average molecular weight is 271 g/mol. The fourth-order valence-corrected chi connectivity index (χ4v) is 2.27. The molecule has 0 aliphatic carbocycles. The van der Waals surface area contributed by atoms with E-state index in [9.17, 15) is 18.0 Å². The molecule has 0 saturated carbocycles. The van der Waals surface area contributed by atoms with Gasteiger partial charge in [0.15, 0.2) is 9.84 Å². The van der Waals surface area contributed by atoms with E-state index in [0.717, 1.165) is 0 Å². The van der Waals surface area contributed by atoms with Gasteiger partial charge in [0.05, 0.1) is 11.4 Å². The molecule has 0 bridgehead atoms. The van der Waals surface area contributed by atoms with Crippen molar-refractivity contribution < 1.29 is 18.0 Å². The van der Waals surface area contributed by atoms with Crippen LogP contribution in [0.2, 0.25) is 0 Å². The number of sulfone groups is 1. The van der Waals surface area contributed by atoms with Crippen LogP contribution in [0.4, 0.5) is 11.4 Å². The van der Waals surface area contributed by atoms with Crippen LogP contribution in [0.25, 0.3) is 0 Å². The highest BCUT2D eigenvalue weighted by Crippen LogP contribution is 2.16. The quantitative estimate of drug-likeness (QED) is 0.597. The molecule has 1 aromatic carbocycles. The molecule has 18 heavy (non-hydrogen) atoms. The van der Waals surface area contributed by atoms with Crippen molar-refractivity contribution in [3.63, 3.8) is 0 Å². The second-order valence-corrected chi connectivity index (χ2v) is 5.70. The Morgan fingerprint density at radius 2 is 1.78 bits per heavy atom. The molecule has 0 unspecified atom stereocenters. The number of rotatable bonds is 5. The minimum absolute atomic E-state index is 0.316. The highest BCUT2D eigenvalue weighted by molar-refractivity contribution is 7.92. The van der Waals surface area contributed by atoms with Gasteiger partial charge in [-0.3, -0.25) is 9.59 Å². The number of nitrogens with two attached hydrogens (primary N) is 2. The molecule has 0 fully saturated rings. The third-order valence-electron chi connectivity index (χ3n) is 1.95. The first-order valence-electron chi connectivity index (χ1n) is 4.93. The van der Waals surface area contributed by atoms with Gasteiger partial charge in [-0.05, 0) is 12.1 Å². The molecule has 1 rings (SSSR count). The summed E-state index contributed by atoms with van der Waals surface area (Å²) < 4.78 is 22.7. The van der Waals surface area contributed by atoms with E-state index in [1.807, 2.05) is 0 Å². The van der Waals surface area contributed by atoms with Gasteiger partial charge in [0, 0.05) is 0 Å². The summed E-state index contributed by atoms with van der Waals surface area (Å²) >= 11 is 0. The largest absolute Gasteiger partial charge is 0.397 e. The van der Waals surface area contributed by atoms with E-state index in [1.54, 1.807) is 18.2 Å². The zero-order chi connectivity index (χ0) is 13.8. The molecule has 1 aromatic rings. The lowest BCUT2D eigenvalue weighted by atomic mass is 10.3. The average Bonchev–Trinajstić information content (AvgIpc) is 2.18. The summed E-state index contributed by atoms with van der Waals surface area (Å²) in [7, 11) is -3.84. The van der Waals surface area contributed by atoms with Crippen LogP contribution in [0, 0.1) is 0 Å². The van der Waals surface area contributed by atoms with Crippen LogP contribution in [0.3, 0.4) is 0 Å². The number of nitrogens with one attached hydrogen (secondary N) is 1. The number of anilines is 2. The van der Waals surface area contributed by atoms with Gasteiger partial charge in [-0.15, -0.1) is 0 Å². The van der Waals surface area contributed by atoms with Crippen molar-refractivity contribution in [3.05, 3.63) is 24.3 Å². The van der Waals surface area contributed by atoms with Gasteiger partial charge < -0.3 is 16.8 Å². The first-order valence-corrected chi connectivity index (χ1v) is 6.75. The second-order valence-electron chi connectivity index (χ2n) is 3.63. The lowest BCUT2D eigenvalue weighted by molar-refractivity contribution is -0.115. The number of amides is 2. The number of hydrogen-bond donors (Lipinski definition) is 3. The van der Waals surface area contributed by atoms with Crippen molar-refractivity contribution >= 4 is 33.0 Å². The Labute approximate surface area is 104 Å². The van der Waals surface area contributed by atoms with Crippen molar-refractivity contribution in [1.29, 1.82) is 0 Å². The zero-order valence-corrected chi connectivity index (χ0v) is 10.2. The number of nitrogen functional groups attached to an aromatic ring is 1. The van der Waals surface area contributed by atoms with Crippen LogP contribution >= 0.6 is 0 Å². The summed E-state index contributed by atoms with van der Waals surface area (Å²) in [6.45, 7) is 0. The summed E-state index contributed by atoms with van der Waals surface area (Å²) in [5.41, 5.74) is 11.0. The Bertz CT molecular complexity index is 568. The van der Waals surface area contributed by atoms with Crippen LogP contribution in [0.5, 0.6) is 0 Å². The van der Waals surface area contributed by atoms with Crippen LogP contribution in [0.15, 0.2) is 24.3 Å². The normalized spacial score (nSPS) is 10.9. The summed E-state index contributed by atoms with van der Waals surface area (Å²) in [6, 6.07) is 6.42. The molecule has 0 atom stereocenters. The van der Waals surface area contributed by atoms with E-state index in [-0.39, 0.29) is 0 Å². The molecule has 0 aromatic heterocycles. The van der Waals surface area contributed by atoms with Crippen molar-refractivity contribution in [1.82, 2.24) is 0 Å². The van der Waals surface area contributed by atoms with E-state index in [0.29, 0.717) is 11.4 Å². The van der Waals surface area contributed by atoms with E-state index in [1.165, 1.54) is 6.07 Å². The minimum atomic E-state index is -3.84. The minimum Gasteiger partial charge on any atom is -0.397 e. The highest BCUT2D eigenvalue weighted by Gasteiger charge is 2.19. The zero-order valence-electron chi connectivity index (χ0n) is 9.42. The number of benzene rings is 1. The maximum absolute atomic E-state index is 11.5. The smallest absolute Gasteiger partial charge is 0.239 e. The third kappa shape index (κ3) is 4.42. The van der Waals surface area contributed by atoms with Gasteiger partial charge in [-0.25, -0.2) is 8.42 Å². The Kier molecular flexibility index (Phi) is 4.27. The van der Waals surface area contributed by atoms with Crippen molar-refractivity contribution in [3.8, 4) is 0 Å². The molecule has 0 heterocycles. The SMILES string of the molecule is NC(=O)CS(=O)(=O)CC(=O)Nc1ccccc1N. The molecule has 8 heteroatoms. The van der Waals surface area contributed by atoms with E-state index < -0.39 is 33.2 Å². The third-order valence-corrected chi connectivity index (χ3v) is 3.37. The molecule has 98 valence electrons. The molecular formula is C10H13N3O4S.